The lowest BCUT2D eigenvalue weighted by atomic mass is 10.4. The molecule has 1 rings (SSSR count). The van der Waals surface area contributed by atoms with E-state index in [1.807, 2.05) is 0 Å². The van der Waals surface area contributed by atoms with Crippen LogP contribution in [-0.4, -0.2) is 22.0 Å². The van der Waals surface area contributed by atoms with Crippen molar-refractivity contribution in [2.45, 2.75) is 0 Å². The molecule has 0 radical (unpaired) electrons. The molecule has 0 aliphatic carbocycles. The smallest absolute Gasteiger partial charge is 0.328 e. The van der Waals surface area contributed by atoms with Gasteiger partial charge in [-0.25, -0.2) is 9.78 Å². The summed E-state index contributed by atoms with van der Waals surface area (Å²) >= 11 is 3.19. The van der Waals surface area contributed by atoms with Crippen LogP contribution in [0, 0.1) is 0 Å². The van der Waals surface area contributed by atoms with Crippen LogP contribution in [0.4, 0.5) is 5.82 Å². The number of carbonyl (C=O) groups excluding carboxylic acids is 1. The third-order valence-corrected chi connectivity index (χ3v) is 2.02. The third-order valence-electron chi connectivity index (χ3n) is 1.38. The van der Waals surface area contributed by atoms with E-state index in [0.717, 1.165) is 12.2 Å². The predicted molar refractivity (Wildman–Crippen MR) is 57.3 cm³/mol. The number of rotatable bonds is 3. The van der Waals surface area contributed by atoms with E-state index in [0.29, 0.717) is 10.3 Å². The first-order valence-corrected chi connectivity index (χ1v) is 4.71. The van der Waals surface area contributed by atoms with Crippen molar-refractivity contribution in [1.82, 2.24) is 4.98 Å². The van der Waals surface area contributed by atoms with E-state index >= 15 is 0 Å². The van der Waals surface area contributed by atoms with E-state index in [1.165, 1.54) is 6.20 Å². The second kappa shape index (κ2) is 5.26. The minimum Gasteiger partial charge on any atom is -0.478 e. The number of aromatic nitrogens is 1. The maximum atomic E-state index is 11.1. The molecule has 1 aromatic rings. The summed E-state index contributed by atoms with van der Waals surface area (Å²) in [5, 5.41) is 10.7. The number of pyridine rings is 1. The molecule has 0 aliphatic heterocycles. The minimum atomic E-state index is -1.18. The molecule has 0 atom stereocenters. The van der Waals surface area contributed by atoms with E-state index in [-0.39, 0.29) is 0 Å². The molecular formula is C9H7BrN2O3. The maximum absolute atomic E-state index is 11.1. The first-order valence-electron chi connectivity index (χ1n) is 3.92. The summed E-state index contributed by atoms with van der Waals surface area (Å²) in [7, 11) is 0. The molecule has 0 aromatic carbocycles. The first-order chi connectivity index (χ1) is 7.09. The summed E-state index contributed by atoms with van der Waals surface area (Å²) < 4.78 is 0.627. The molecule has 5 nitrogen and oxygen atoms in total. The Balaban J connectivity index is 2.67. The Morgan fingerprint density at radius 1 is 1.47 bits per heavy atom. The summed E-state index contributed by atoms with van der Waals surface area (Å²) in [6.45, 7) is 0. The molecule has 1 amide bonds. The van der Waals surface area contributed by atoms with Gasteiger partial charge in [-0.1, -0.05) is 0 Å². The lowest BCUT2D eigenvalue weighted by Gasteiger charge is -2.02. The number of carbonyl (C=O) groups is 2. The first kappa shape index (κ1) is 11.4. The molecule has 0 fully saturated rings. The van der Waals surface area contributed by atoms with Crippen LogP contribution in [0.25, 0.3) is 0 Å². The quantitative estimate of drug-likeness (QED) is 0.815. The van der Waals surface area contributed by atoms with Crippen molar-refractivity contribution >= 4 is 33.6 Å². The van der Waals surface area contributed by atoms with E-state index in [1.54, 1.807) is 12.1 Å². The van der Waals surface area contributed by atoms with E-state index in [9.17, 15) is 9.59 Å². The molecule has 1 aromatic heterocycles. The maximum Gasteiger partial charge on any atom is 0.328 e. The SMILES string of the molecule is O=C(O)C=CC(=O)Nc1ncccc1Br. The van der Waals surface area contributed by atoms with Gasteiger partial charge in [-0.15, -0.1) is 0 Å². The number of carboxylic acids is 1. The van der Waals surface area contributed by atoms with Gasteiger partial charge in [-0.2, -0.15) is 0 Å². The molecule has 0 aliphatic rings. The number of hydrogen-bond acceptors (Lipinski definition) is 3. The van der Waals surface area contributed by atoms with Gasteiger partial charge in [0.15, 0.2) is 0 Å². The zero-order chi connectivity index (χ0) is 11.3. The summed E-state index contributed by atoms with van der Waals surface area (Å²) in [6.07, 6.45) is 3.19. The molecule has 0 saturated heterocycles. The average Bonchev–Trinajstić information content (AvgIpc) is 2.18. The van der Waals surface area contributed by atoms with E-state index < -0.39 is 11.9 Å². The van der Waals surface area contributed by atoms with Crippen molar-refractivity contribution in [2.75, 3.05) is 5.32 Å². The lowest BCUT2D eigenvalue weighted by Crippen LogP contribution is -2.10. The van der Waals surface area contributed by atoms with Gasteiger partial charge in [0, 0.05) is 18.3 Å². The van der Waals surface area contributed by atoms with Crippen LogP contribution in [0.15, 0.2) is 35.0 Å². The van der Waals surface area contributed by atoms with Crippen molar-refractivity contribution in [3.63, 3.8) is 0 Å². The zero-order valence-electron chi connectivity index (χ0n) is 7.48. The average molecular weight is 271 g/mol. The minimum absolute atomic E-state index is 0.345. The highest BCUT2D eigenvalue weighted by molar-refractivity contribution is 9.10. The topological polar surface area (TPSA) is 79.3 Å². The molecule has 0 bridgehead atoms. The highest BCUT2D eigenvalue weighted by Gasteiger charge is 2.02. The normalized spacial score (nSPS) is 10.2. The second-order valence-corrected chi connectivity index (χ2v) is 3.35. The molecule has 0 unspecified atom stereocenters. The van der Waals surface area contributed by atoms with Crippen molar-refractivity contribution in [2.24, 2.45) is 0 Å². The number of carboxylic acid groups (broad SMARTS) is 1. The Bertz CT molecular complexity index is 418. The van der Waals surface area contributed by atoms with E-state index in [4.69, 9.17) is 5.11 Å². The molecule has 1 heterocycles. The largest absolute Gasteiger partial charge is 0.478 e. The molecule has 0 saturated carbocycles. The van der Waals surface area contributed by atoms with Crippen LogP contribution in [0.2, 0.25) is 0 Å². The van der Waals surface area contributed by atoms with Crippen molar-refractivity contribution in [3.8, 4) is 0 Å². The van der Waals surface area contributed by atoms with Gasteiger partial charge in [-0.05, 0) is 28.1 Å². The number of anilines is 1. The van der Waals surface area contributed by atoms with Crippen LogP contribution in [0.5, 0.6) is 0 Å². The second-order valence-electron chi connectivity index (χ2n) is 2.49. The fourth-order valence-electron chi connectivity index (χ4n) is 0.783. The highest BCUT2D eigenvalue weighted by atomic mass is 79.9. The van der Waals surface area contributed by atoms with Gasteiger partial charge < -0.3 is 10.4 Å². The number of amides is 1. The summed E-state index contributed by atoms with van der Waals surface area (Å²) in [6, 6.07) is 3.41. The molecule has 78 valence electrons. The Morgan fingerprint density at radius 2 is 2.20 bits per heavy atom. The van der Waals surface area contributed by atoms with Crippen molar-refractivity contribution < 1.29 is 14.7 Å². The summed E-state index contributed by atoms with van der Waals surface area (Å²) in [5.41, 5.74) is 0. The molecule has 0 spiro atoms. The van der Waals surface area contributed by atoms with Crippen LogP contribution < -0.4 is 5.32 Å². The van der Waals surface area contributed by atoms with Gasteiger partial charge in [-0.3, -0.25) is 4.79 Å². The van der Waals surface area contributed by atoms with Gasteiger partial charge in [0.1, 0.15) is 5.82 Å². The Labute approximate surface area is 94.0 Å². The number of halogens is 1. The molecular weight excluding hydrogens is 264 g/mol. The van der Waals surface area contributed by atoms with Gasteiger partial charge in [0.2, 0.25) is 5.91 Å². The van der Waals surface area contributed by atoms with Gasteiger partial charge in [0.25, 0.3) is 0 Å². The van der Waals surface area contributed by atoms with Crippen LogP contribution in [0.1, 0.15) is 0 Å². The standard InChI is InChI=1S/C9H7BrN2O3/c10-6-2-1-5-11-9(6)12-7(13)3-4-8(14)15/h1-5H,(H,14,15)(H,11,12,13). The highest BCUT2D eigenvalue weighted by Crippen LogP contribution is 2.17. The molecule has 2 N–H and O–H groups in total. The predicted octanol–water partition coefficient (Wildman–Crippen LogP) is 1.42. The number of nitrogens with zero attached hydrogens (tertiary/aromatic N) is 1. The lowest BCUT2D eigenvalue weighted by molar-refractivity contribution is -0.131. The Morgan fingerprint density at radius 3 is 2.80 bits per heavy atom. The van der Waals surface area contributed by atoms with Crippen LogP contribution >= 0.6 is 15.9 Å². The van der Waals surface area contributed by atoms with Crippen LogP contribution in [0.3, 0.4) is 0 Å². The van der Waals surface area contributed by atoms with E-state index in [2.05, 4.69) is 26.2 Å². The molecule has 6 heteroatoms. The van der Waals surface area contributed by atoms with Crippen molar-refractivity contribution in [3.05, 3.63) is 35.0 Å². The fourth-order valence-corrected chi connectivity index (χ4v) is 1.14. The fraction of sp³-hybridized carbons (Fsp3) is 0. The number of nitrogens with one attached hydrogen (secondary N) is 1. The van der Waals surface area contributed by atoms with Crippen LogP contribution in [-0.2, 0) is 9.59 Å². The monoisotopic (exact) mass is 270 g/mol. The number of hydrogen-bond donors (Lipinski definition) is 2. The molecule has 15 heavy (non-hydrogen) atoms. The van der Waals surface area contributed by atoms with Gasteiger partial charge >= 0.3 is 5.97 Å². The zero-order valence-corrected chi connectivity index (χ0v) is 9.06. The summed E-state index contributed by atoms with van der Waals surface area (Å²) in [5.74, 6) is -1.38. The summed E-state index contributed by atoms with van der Waals surface area (Å²) in [4.78, 5) is 25.2. The van der Waals surface area contributed by atoms with Crippen molar-refractivity contribution in [1.29, 1.82) is 0 Å². The number of aliphatic carboxylic acids is 1. The van der Waals surface area contributed by atoms with Gasteiger partial charge in [0.05, 0.1) is 4.47 Å². The Kier molecular flexibility index (Phi) is 3.99. The Hall–Kier alpha value is -1.69. The third kappa shape index (κ3) is 3.90.